The fourth-order valence-electron chi connectivity index (χ4n) is 3.07. The fraction of sp³-hybridized carbons (Fsp3) is 0.467. The van der Waals surface area contributed by atoms with Gasteiger partial charge >= 0.3 is 0 Å². The molecular weight excluding hydrogens is 350 g/mol. The fourth-order valence-corrected chi connectivity index (χ4v) is 4.31. The molecule has 1 N–H and O–H groups in total. The number of halogens is 1. The molecule has 2 saturated carbocycles. The number of nitrogens with zero attached hydrogens (tertiary/aromatic N) is 2. The smallest absolute Gasteiger partial charge is 0.223 e. The second-order valence-electron chi connectivity index (χ2n) is 6.02. The SMILES string of the molecule is Cn1cncc1[C@@H]1C[C@H]1NC(=O)[C@@H]1C[C@H]1c1csc(Br)c1. The Morgan fingerprint density at radius 2 is 2.33 bits per heavy atom. The van der Waals surface area contributed by atoms with E-state index >= 15 is 0 Å². The van der Waals surface area contributed by atoms with Crippen molar-refractivity contribution in [3.8, 4) is 0 Å². The molecule has 2 aliphatic rings. The maximum absolute atomic E-state index is 12.3. The number of hydrogen-bond donors (Lipinski definition) is 1. The Morgan fingerprint density at radius 3 is 3.00 bits per heavy atom. The molecule has 4 atom stereocenters. The van der Waals surface area contributed by atoms with Crippen molar-refractivity contribution in [2.45, 2.75) is 30.7 Å². The molecule has 21 heavy (non-hydrogen) atoms. The van der Waals surface area contributed by atoms with E-state index in [9.17, 15) is 4.79 Å². The summed E-state index contributed by atoms with van der Waals surface area (Å²) in [7, 11) is 2.00. The van der Waals surface area contributed by atoms with Gasteiger partial charge < -0.3 is 9.88 Å². The van der Waals surface area contributed by atoms with Crippen LogP contribution >= 0.6 is 27.3 Å². The third-order valence-corrected chi connectivity index (χ3v) is 6.02. The lowest BCUT2D eigenvalue weighted by Gasteiger charge is -2.04. The Morgan fingerprint density at radius 1 is 1.48 bits per heavy atom. The van der Waals surface area contributed by atoms with Gasteiger partial charge in [0.15, 0.2) is 0 Å². The Balaban J connectivity index is 1.33. The molecule has 0 spiro atoms. The molecule has 4 nitrogen and oxygen atoms in total. The number of aromatic nitrogens is 2. The number of carbonyl (C=O) groups excluding carboxylic acids is 1. The van der Waals surface area contributed by atoms with E-state index in [0.29, 0.717) is 17.9 Å². The lowest BCUT2D eigenvalue weighted by Crippen LogP contribution is -2.28. The third kappa shape index (κ3) is 2.55. The van der Waals surface area contributed by atoms with Crippen LogP contribution < -0.4 is 5.32 Å². The minimum Gasteiger partial charge on any atom is -0.352 e. The predicted octanol–water partition coefficient (Wildman–Crippen LogP) is 3.02. The third-order valence-electron chi connectivity index (χ3n) is 4.50. The summed E-state index contributed by atoms with van der Waals surface area (Å²) in [6, 6.07) is 2.43. The zero-order chi connectivity index (χ0) is 14.6. The molecule has 2 aromatic rings. The van der Waals surface area contributed by atoms with Gasteiger partial charge in [0.25, 0.3) is 0 Å². The number of rotatable bonds is 4. The van der Waals surface area contributed by atoms with E-state index in [2.05, 4.69) is 37.7 Å². The van der Waals surface area contributed by atoms with Crippen LogP contribution in [0.1, 0.15) is 35.9 Å². The van der Waals surface area contributed by atoms with Gasteiger partial charge in [0.1, 0.15) is 0 Å². The number of nitrogens with one attached hydrogen (secondary N) is 1. The highest BCUT2D eigenvalue weighted by atomic mass is 79.9. The van der Waals surface area contributed by atoms with Crippen molar-refractivity contribution in [1.29, 1.82) is 0 Å². The summed E-state index contributed by atoms with van der Waals surface area (Å²) in [4.78, 5) is 16.4. The summed E-state index contributed by atoms with van der Waals surface area (Å²) in [5.41, 5.74) is 2.51. The average molecular weight is 366 g/mol. The quantitative estimate of drug-likeness (QED) is 0.904. The maximum atomic E-state index is 12.3. The molecule has 2 fully saturated rings. The summed E-state index contributed by atoms with van der Waals surface area (Å²) in [5, 5.41) is 5.35. The van der Waals surface area contributed by atoms with Gasteiger partial charge in [-0.15, -0.1) is 11.3 Å². The van der Waals surface area contributed by atoms with Gasteiger partial charge in [-0.25, -0.2) is 4.98 Å². The van der Waals surface area contributed by atoms with E-state index in [1.54, 1.807) is 11.3 Å². The van der Waals surface area contributed by atoms with Gasteiger partial charge in [-0.2, -0.15) is 0 Å². The van der Waals surface area contributed by atoms with Crippen LogP contribution in [0, 0.1) is 5.92 Å². The lowest BCUT2D eigenvalue weighted by molar-refractivity contribution is -0.122. The van der Waals surface area contributed by atoms with Crippen molar-refractivity contribution in [2.24, 2.45) is 13.0 Å². The molecule has 110 valence electrons. The molecule has 0 radical (unpaired) electrons. The summed E-state index contributed by atoms with van der Waals surface area (Å²) < 4.78 is 3.18. The highest BCUT2D eigenvalue weighted by molar-refractivity contribution is 9.11. The van der Waals surface area contributed by atoms with Crippen molar-refractivity contribution in [3.05, 3.63) is 39.0 Å². The molecule has 0 bridgehead atoms. The number of imidazole rings is 1. The van der Waals surface area contributed by atoms with Gasteiger partial charge in [-0.1, -0.05) is 0 Å². The van der Waals surface area contributed by atoms with E-state index in [1.165, 1.54) is 11.3 Å². The lowest BCUT2D eigenvalue weighted by atomic mass is 10.2. The standard InChI is InChI=1S/C15H16BrN3OS/c1-19-7-17-5-13(19)11-4-12(11)18-15(20)10-3-9(10)8-2-14(16)21-6-8/h2,5-7,9-12H,3-4H2,1H3,(H,18,20)/t9-,10+,11+,12+/m0/s1. The van der Waals surface area contributed by atoms with Crippen LogP contribution in [0.15, 0.2) is 27.8 Å². The Bertz CT molecular complexity index is 695. The molecule has 2 heterocycles. The molecular formula is C15H16BrN3OS. The number of amides is 1. The zero-order valence-electron chi connectivity index (χ0n) is 11.6. The number of thiophene rings is 1. The molecule has 2 aromatic heterocycles. The predicted molar refractivity (Wildman–Crippen MR) is 85.4 cm³/mol. The first-order chi connectivity index (χ1) is 10.1. The molecule has 6 heteroatoms. The largest absolute Gasteiger partial charge is 0.352 e. The van der Waals surface area contributed by atoms with Gasteiger partial charge in [0.05, 0.1) is 10.1 Å². The summed E-state index contributed by atoms with van der Waals surface area (Å²) in [6.07, 6.45) is 5.74. The van der Waals surface area contributed by atoms with Crippen molar-refractivity contribution >= 4 is 33.2 Å². The number of carbonyl (C=O) groups is 1. The highest BCUT2D eigenvalue weighted by Gasteiger charge is 2.48. The summed E-state index contributed by atoms with van der Waals surface area (Å²) in [5.74, 6) is 1.24. The van der Waals surface area contributed by atoms with Crippen LogP contribution in [-0.2, 0) is 11.8 Å². The van der Waals surface area contributed by atoms with Crippen LogP contribution in [0.5, 0.6) is 0 Å². The Kier molecular flexibility index (Phi) is 3.19. The Labute approximate surface area is 135 Å². The molecule has 1 amide bonds. The van der Waals surface area contributed by atoms with E-state index in [4.69, 9.17) is 0 Å². The zero-order valence-corrected chi connectivity index (χ0v) is 14.0. The first kappa shape index (κ1) is 13.5. The molecule has 4 rings (SSSR count). The van der Waals surface area contributed by atoms with Crippen LogP contribution in [0.2, 0.25) is 0 Å². The molecule has 0 saturated heterocycles. The normalized spacial score (nSPS) is 30.2. The van der Waals surface area contributed by atoms with E-state index in [-0.39, 0.29) is 11.8 Å². The monoisotopic (exact) mass is 365 g/mol. The van der Waals surface area contributed by atoms with Crippen molar-refractivity contribution in [3.63, 3.8) is 0 Å². The van der Waals surface area contributed by atoms with E-state index in [1.807, 2.05) is 24.1 Å². The van der Waals surface area contributed by atoms with E-state index in [0.717, 1.165) is 16.6 Å². The van der Waals surface area contributed by atoms with Crippen molar-refractivity contribution in [2.75, 3.05) is 0 Å². The van der Waals surface area contributed by atoms with Gasteiger partial charge in [0, 0.05) is 36.8 Å². The van der Waals surface area contributed by atoms with Crippen LogP contribution in [0.4, 0.5) is 0 Å². The van der Waals surface area contributed by atoms with Crippen LogP contribution in [-0.4, -0.2) is 21.5 Å². The Hall–Kier alpha value is -1.14. The summed E-state index contributed by atoms with van der Waals surface area (Å²) >= 11 is 5.17. The maximum Gasteiger partial charge on any atom is 0.223 e. The number of hydrogen-bond acceptors (Lipinski definition) is 3. The van der Waals surface area contributed by atoms with Crippen molar-refractivity contribution in [1.82, 2.24) is 14.9 Å². The second kappa shape index (κ2) is 4.95. The van der Waals surface area contributed by atoms with E-state index < -0.39 is 0 Å². The first-order valence-electron chi connectivity index (χ1n) is 7.14. The molecule has 0 aromatic carbocycles. The molecule has 2 aliphatic carbocycles. The first-order valence-corrected chi connectivity index (χ1v) is 8.81. The minimum atomic E-state index is 0.166. The van der Waals surface area contributed by atoms with Gasteiger partial charge in [-0.05, 0) is 51.7 Å². The molecule has 0 unspecified atom stereocenters. The topological polar surface area (TPSA) is 46.9 Å². The minimum absolute atomic E-state index is 0.166. The van der Waals surface area contributed by atoms with Crippen LogP contribution in [0.25, 0.3) is 0 Å². The average Bonchev–Trinajstić information content (AvgIpc) is 3.32. The highest BCUT2D eigenvalue weighted by Crippen LogP contribution is 2.50. The van der Waals surface area contributed by atoms with Crippen molar-refractivity contribution < 1.29 is 4.79 Å². The molecule has 0 aliphatic heterocycles. The number of aryl methyl sites for hydroxylation is 1. The van der Waals surface area contributed by atoms with Gasteiger partial charge in [0.2, 0.25) is 5.91 Å². The second-order valence-corrected chi connectivity index (χ2v) is 8.31. The van der Waals surface area contributed by atoms with Crippen LogP contribution in [0.3, 0.4) is 0 Å². The van der Waals surface area contributed by atoms with Gasteiger partial charge in [-0.3, -0.25) is 4.79 Å². The summed E-state index contributed by atoms with van der Waals surface area (Å²) in [6.45, 7) is 0.